The van der Waals surface area contributed by atoms with Crippen LogP contribution in [0.4, 0.5) is 13.2 Å². The number of hydrogen-bond donors (Lipinski definition) is 1. The van der Waals surface area contributed by atoms with Gasteiger partial charge >= 0.3 is 0 Å². The van der Waals surface area contributed by atoms with Crippen LogP contribution in [0.1, 0.15) is 22.8 Å². The molecule has 0 saturated carbocycles. The lowest BCUT2D eigenvalue weighted by molar-refractivity contribution is -0.0977. The number of benzene rings is 1. The van der Waals surface area contributed by atoms with Gasteiger partial charge in [-0.3, -0.25) is 0 Å². The normalized spacial score (nSPS) is 18.2. The molecule has 10 heteroatoms. The van der Waals surface area contributed by atoms with Crippen LogP contribution in [0.3, 0.4) is 0 Å². The van der Waals surface area contributed by atoms with Crippen LogP contribution in [-0.2, 0) is 16.3 Å². The lowest BCUT2D eigenvalue weighted by Gasteiger charge is -2.15. The van der Waals surface area contributed by atoms with Crippen LogP contribution in [0.5, 0.6) is 11.5 Å². The van der Waals surface area contributed by atoms with Crippen LogP contribution in [0, 0.1) is 17.1 Å². The minimum atomic E-state index is -3.98. The van der Waals surface area contributed by atoms with Gasteiger partial charge in [0, 0.05) is 29.9 Å². The second-order valence-electron chi connectivity index (χ2n) is 5.82. The zero-order valence-corrected chi connectivity index (χ0v) is 14.0. The quantitative estimate of drug-likeness (QED) is 0.873. The Balaban J connectivity index is 2.15. The molecule has 0 bridgehead atoms. The Labute approximate surface area is 146 Å². The maximum atomic E-state index is 14.0. The van der Waals surface area contributed by atoms with Crippen molar-refractivity contribution in [2.24, 2.45) is 0 Å². The molecule has 0 amide bonds. The van der Waals surface area contributed by atoms with Gasteiger partial charge in [0.1, 0.15) is 23.4 Å². The molecule has 3 rings (SSSR count). The third-order valence-electron chi connectivity index (χ3n) is 3.82. The first-order chi connectivity index (χ1) is 12.0. The summed E-state index contributed by atoms with van der Waals surface area (Å²) >= 11 is 0. The van der Waals surface area contributed by atoms with Crippen LogP contribution in [0.15, 0.2) is 29.4 Å². The van der Waals surface area contributed by atoms with Crippen molar-refractivity contribution in [3.8, 4) is 17.6 Å². The van der Waals surface area contributed by atoms with Gasteiger partial charge in [-0.25, -0.2) is 26.6 Å². The van der Waals surface area contributed by atoms with Gasteiger partial charge in [-0.2, -0.15) is 5.26 Å². The van der Waals surface area contributed by atoms with E-state index in [2.05, 4.69) is 4.98 Å². The van der Waals surface area contributed by atoms with Crippen molar-refractivity contribution in [2.75, 3.05) is 6.26 Å². The van der Waals surface area contributed by atoms with Crippen molar-refractivity contribution in [1.82, 2.24) is 4.98 Å². The van der Waals surface area contributed by atoms with Crippen molar-refractivity contribution in [2.45, 2.75) is 23.5 Å². The van der Waals surface area contributed by atoms with Crippen molar-refractivity contribution < 1.29 is 31.4 Å². The van der Waals surface area contributed by atoms with E-state index in [-0.39, 0.29) is 22.6 Å². The number of pyridine rings is 1. The van der Waals surface area contributed by atoms with Crippen molar-refractivity contribution in [1.29, 1.82) is 5.26 Å². The van der Waals surface area contributed by atoms with Gasteiger partial charge in [0.25, 0.3) is 5.92 Å². The van der Waals surface area contributed by atoms with Crippen LogP contribution in [0.2, 0.25) is 0 Å². The summed E-state index contributed by atoms with van der Waals surface area (Å²) in [6.07, 6.45) is -1.63. The van der Waals surface area contributed by atoms with E-state index in [1.165, 1.54) is 6.07 Å². The van der Waals surface area contributed by atoms with Gasteiger partial charge in [0.05, 0.1) is 17.8 Å². The van der Waals surface area contributed by atoms with E-state index < -0.39 is 44.7 Å². The topological polar surface area (TPSA) is 100 Å². The predicted molar refractivity (Wildman–Crippen MR) is 82.1 cm³/mol. The molecular weight excluding hydrogens is 373 g/mol. The number of hydrogen-bond acceptors (Lipinski definition) is 6. The van der Waals surface area contributed by atoms with E-state index in [0.29, 0.717) is 0 Å². The molecule has 1 aromatic carbocycles. The highest BCUT2D eigenvalue weighted by atomic mass is 32.2. The second kappa shape index (κ2) is 5.96. The smallest absolute Gasteiger partial charge is 0.281 e. The number of nitriles is 1. The number of fused-ring (bicyclic) bond motifs is 1. The van der Waals surface area contributed by atoms with E-state index >= 15 is 0 Å². The van der Waals surface area contributed by atoms with Crippen LogP contribution < -0.4 is 4.74 Å². The molecule has 0 saturated heterocycles. The van der Waals surface area contributed by atoms with Crippen molar-refractivity contribution in [3.63, 3.8) is 0 Å². The fourth-order valence-electron chi connectivity index (χ4n) is 2.73. The Hall–Kier alpha value is -2.64. The van der Waals surface area contributed by atoms with E-state index in [4.69, 9.17) is 10.00 Å². The summed E-state index contributed by atoms with van der Waals surface area (Å²) in [4.78, 5) is 3.63. The number of aliphatic hydroxyl groups is 1. The molecule has 136 valence electrons. The fourth-order valence-corrected chi connectivity index (χ4v) is 3.61. The zero-order valence-electron chi connectivity index (χ0n) is 13.2. The van der Waals surface area contributed by atoms with Gasteiger partial charge in [0.15, 0.2) is 14.9 Å². The number of aromatic nitrogens is 1. The first kappa shape index (κ1) is 18.2. The summed E-state index contributed by atoms with van der Waals surface area (Å²) in [7, 11) is -3.98. The first-order valence-corrected chi connectivity index (χ1v) is 9.08. The number of rotatable bonds is 3. The molecule has 26 heavy (non-hydrogen) atoms. The lowest BCUT2D eigenvalue weighted by Crippen LogP contribution is -2.22. The predicted octanol–water partition coefficient (Wildman–Crippen LogP) is 2.51. The summed E-state index contributed by atoms with van der Waals surface area (Å²) in [5.41, 5.74) is -0.824. The Bertz CT molecular complexity index is 1050. The molecule has 0 fully saturated rings. The number of nitrogens with zero attached hydrogens (tertiary/aromatic N) is 2. The highest BCUT2D eigenvalue weighted by Gasteiger charge is 2.51. The maximum absolute atomic E-state index is 14.0. The SMILES string of the molecule is CS(=O)(=O)c1ncc(Oc2cc(F)cc(C#N)c2)c2c1[C@H](O)C(F)(F)C2. The third-order valence-corrected chi connectivity index (χ3v) is 4.85. The highest BCUT2D eigenvalue weighted by Crippen LogP contribution is 2.48. The second-order valence-corrected chi connectivity index (χ2v) is 7.75. The molecule has 1 aliphatic carbocycles. The Morgan fingerprint density at radius 2 is 2.08 bits per heavy atom. The number of sulfone groups is 1. The summed E-state index contributed by atoms with van der Waals surface area (Å²) in [5.74, 6) is -4.79. The lowest BCUT2D eigenvalue weighted by atomic mass is 10.1. The fraction of sp³-hybridized carbons (Fsp3) is 0.250. The van der Waals surface area contributed by atoms with E-state index in [0.717, 1.165) is 24.6 Å². The molecule has 1 heterocycles. The maximum Gasteiger partial charge on any atom is 0.281 e. The van der Waals surface area contributed by atoms with Crippen molar-refractivity contribution in [3.05, 3.63) is 46.9 Å². The Morgan fingerprint density at radius 1 is 1.38 bits per heavy atom. The Kier molecular flexibility index (Phi) is 4.17. The summed E-state index contributed by atoms with van der Waals surface area (Å²) in [6, 6.07) is 4.79. The van der Waals surface area contributed by atoms with E-state index in [1.54, 1.807) is 6.07 Å². The number of ether oxygens (including phenoxy) is 1. The minimum absolute atomic E-state index is 0.0530. The van der Waals surface area contributed by atoms with Gasteiger partial charge in [-0.05, 0) is 12.1 Å². The molecule has 1 atom stereocenters. The molecule has 0 aliphatic heterocycles. The first-order valence-electron chi connectivity index (χ1n) is 7.19. The number of aliphatic hydroxyl groups excluding tert-OH is 1. The van der Waals surface area contributed by atoms with Gasteiger partial charge in [0.2, 0.25) is 0 Å². The molecule has 2 aromatic rings. The molecule has 0 radical (unpaired) electrons. The van der Waals surface area contributed by atoms with Crippen LogP contribution >= 0.6 is 0 Å². The van der Waals surface area contributed by atoms with Gasteiger partial charge < -0.3 is 9.84 Å². The average molecular weight is 384 g/mol. The highest BCUT2D eigenvalue weighted by molar-refractivity contribution is 7.90. The van der Waals surface area contributed by atoms with Crippen molar-refractivity contribution >= 4 is 9.84 Å². The monoisotopic (exact) mass is 384 g/mol. The molecule has 6 nitrogen and oxygen atoms in total. The number of halogens is 3. The third kappa shape index (κ3) is 3.11. The van der Waals surface area contributed by atoms with E-state index in [1.807, 2.05) is 0 Å². The number of alkyl halides is 2. The zero-order chi connectivity index (χ0) is 19.3. The van der Waals surface area contributed by atoms with Gasteiger partial charge in [-0.15, -0.1) is 0 Å². The summed E-state index contributed by atoms with van der Waals surface area (Å²) in [6.45, 7) is 0. The Morgan fingerprint density at radius 3 is 2.69 bits per heavy atom. The molecule has 1 aliphatic rings. The molecular formula is C16H11F3N2O4S. The van der Waals surface area contributed by atoms with Crippen LogP contribution in [0.25, 0.3) is 0 Å². The standard InChI is InChI=1S/C16H11F3N2O4S/c1-26(23,24)15-13-11(5-16(18,19)14(13)22)12(7-21-15)25-10-3-8(6-20)2-9(17)4-10/h2-4,7,14,22H,5H2,1H3/t14-/m0/s1. The van der Waals surface area contributed by atoms with Gasteiger partial charge in [-0.1, -0.05) is 0 Å². The molecule has 1 aromatic heterocycles. The van der Waals surface area contributed by atoms with E-state index in [9.17, 15) is 26.7 Å². The summed E-state index contributed by atoms with van der Waals surface area (Å²) in [5, 5.41) is 18.0. The average Bonchev–Trinajstić information content (AvgIpc) is 2.77. The molecule has 1 N–H and O–H groups in total. The minimum Gasteiger partial charge on any atom is -0.455 e. The van der Waals surface area contributed by atoms with Crippen LogP contribution in [-0.4, -0.2) is 30.7 Å². The largest absolute Gasteiger partial charge is 0.455 e. The summed E-state index contributed by atoms with van der Waals surface area (Å²) < 4.78 is 70.4. The molecule has 0 unspecified atom stereocenters. The molecule has 0 spiro atoms.